The molecule has 0 aliphatic carbocycles. The first-order chi connectivity index (χ1) is 12.3. The SMILES string of the molecule is CC1(C)OB(c2ccc(NC(=O)NCc3ccccn3)cc2)OC1(C)C. The van der Waals surface area contributed by atoms with E-state index in [2.05, 4.69) is 15.6 Å². The molecule has 26 heavy (non-hydrogen) atoms. The Morgan fingerprint density at radius 2 is 1.69 bits per heavy atom. The van der Waals surface area contributed by atoms with Crippen molar-refractivity contribution in [2.75, 3.05) is 5.32 Å². The third kappa shape index (κ3) is 4.06. The molecular weight excluding hydrogens is 329 g/mol. The first-order valence-electron chi connectivity index (χ1n) is 8.67. The molecule has 1 aromatic heterocycles. The van der Waals surface area contributed by atoms with E-state index in [1.807, 2.05) is 70.2 Å². The highest BCUT2D eigenvalue weighted by Gasteiger charge is 2.51. The number of pyridine rings is 1. The van der Waals surface area contributed by atoms with E-state index in [1.54, 1.807) is 6.20 Å². The van der Waals surface area contributed by atoms with Gasteiger partial charge in [0.15, 0.2) is 0 Å². The van der Waals surface area contributed by atoms with Gasteiger partial charge in [0.2, 0.25) is 0 Å². The predicted octanol–water partition coefficient (Wildman–Crippen LogP) is 2.70. The van der Waals surface area contributed by atoms with E-state index in [1.165, 1.54) is 0 Å². The summed E-state index contributed by atoms with van der Waals surface area (Å²) < 4.78 is 12.1. The van der Waals surface area contributed by atoms with E-state index in [0.717, 1.165) is 11.2 Å². The molecule has 2 N–H and O–H groups in total. The molecular formula is C19H24BN3O3. The van der Waals surface area contributed by atoms with Crippen LogP contribution in [-0.2, 0) is 15.9 Å². The van der Waals surface area contributed by atoms with Crippen LogP contribution in [0.2, 0.25) is 0 Å². The summed E-state index contributed by atoms with van der Waals surface area (Å²) in [5.74, 6) is 0. The Morgan fingerprint density at radius 1 is 1.04 bits per heavy atom. The summed E-state index contributed by atoms with van der Waals surface area (Å²) in [6.07, 6.45) is 1.70. The lowest BCUT2D eigenvalue weighted by Gasteiger charge is -2.32. The number of hydrogen-bond acceptors (Lipinski definition) is 4. The average molecular weight is 353 g/mol. The third-order valence-corrected chi connectivity index (χ3v) is 4.85. The molecule has 0 saturated carbocycles. The summed E-state index contributed by atoms with van der Waals surface area (Å²) in [5, 5.41) is 5.58. The van der Waals surface area contributed by atoms with Crippen molar-refractivity contribution in [2.45, 2.75) is 45.4 Å². The minimum Gasteiger partial charge on any atom is -0.399 e. The molecule has 2 heterocycles. The van der Waals surface area contributed by atoms with Gasteiger partial charge in [0.25, 0.3) is 0 Å². The number of nitrogens with one attached hydrogen (secondary N) is 2. The van der Waals surface area contributed by atoms with E-state index < -0.39 is 7.12 Å². The normalized spacial score (nSPS) is 17.8. The number of anilines is 1. The van der Waals surface area contributed by atoms with Crippen LogP contribution >= 0.6 is 0 Å². The number of urea groups is 1. The Bertz CT molecular complexity index is 747. The van der Waals surface area contributed by atoms with E-state index in [9.17, 15) is 4.79 Å². The lowest BCUT2D eigenvalue weighted by Crippen LogP contribution is -2.41. The van der Waals surface area contributed by atoms with E-state index in [0.29, 0.717) is 12.2 Å². The molecule has 0 spiro atoms. The van der Waals surface area contributed by atoms with Gasteiger partial charge >= 0.3 is 13.1 Å². The molecule has 6 nitrogen and oxygen atoms in total. The summed E-state index contributed by atoms with van der Waals surface area (Å²) in [4.78, 5) is 16.2. The summed E-state index contributed by atoms with van der Waals surface area (Å²) in [7, 11) is -0.410. The first kappa shape index (κ1) is 18.4. The van der Waals surface area contributed by atoms with Crippen molar-refractivity contribution in [2.24, 2.45) is 0 Å². The van der Waals surface area contributed by atoms with Crippen molar-refractivity contribution in [1.82, 2.24) is 10.3 Å². The Balaban J connectivity index is 1.56. The lowest BCUT2D eigenvalue weighted by molar-refractivity contribution is 0.00578. The van der Waals surface area contributed by atoms with Gasteiger partial charge in [-0.1, -0.05) is 18.2 Å². The molecule has 1 saturated heterocycles. The van der Waals surface area contributed by atoms with Crippen molar-refractivity contribution in [3.8, 4) is 0 Å². The Morgan fingerprint density at radius 3 is 2.27 bits per heavy atom. The summed E-state index contributed by atoms with van der Waals surface area (Å²) >= 11 is 0. The molecule has 1 aliphatic rings. The number of benzene rings is 1. The van der Waals surface area contributed by atoms with Crippen LogP contribution in [0.15, 0.2) is 48.7 Å². The molecule has 2 aromatic rings. The quantitative estimate of drug-likeness (QED) is 0.829. The van der Waals surface area contributed by atoms with Crippen molar-refractivity contribution < 1.29 is 14.1 Å². The zero-order chi connectivity index (χ0) is 18.8. The van der Waals surface area contributed by atoms with Crippen LogP contribution in [0.25, 0.3) is 0 Å². The zero-order valence-electron chi connectivity index (χ0n) is 15.6. The molecule has 1 aromatic carbocycles. The number of amides is 2. The molecule has 136 valence electrons. The van der Waals surface area contributed by atoms with Gasteiger partial charge < -0.3 is 19.9 Å². The van der Waals surface area contributed by atoms with Crippen LogP contribution < -0.4 is 16.1 Å². The highest BCUT2D eigenvalue weighted by Crippen LogP contribution is 2.36. The number of carbonyl (C=O) groups is 1. The highest BCUT2D eigenvalue weighted by molar-refractivity contribution is 6.62. The fourth-order valence-electron chi connectivity index (χ4n) is 2.55. The first-order valence-corrected chi connectivity index (χ1v) is 8.67. The lowest BCUT2D eigenvalue weighted by atomic mass is 9.79. The molecule has 1 fully saturated rings. The molecule has 2 amide bonds. The van der Waals surface area contributed by atoms with Gasteiger partial charge in [-0.3, -0.25) is 4.98 Å². The number of aromatic nitrogens is 1. The fourth-order valence-corrected chi connectivity index (χ4v) is 2.55. The highest BCUT2D eigenvalue weighted by atomic mass is 16.7. The smallest absolute Gasteiger partial charge is 0.399 e. The Hall–Kier alpha value is -2.38. The minimum absolute atomic E-state index is 0.279. The second kappa shape index (κ2) is 7.09. The molecule has 7 heteroatoms. The topological polar surface area (TPSA) is 72.5 Å². The summed E-state index contributed by atoms with van der Waals surface area (Å²) in [6, 6.07) is 12.8. The van der Waals surface area contributed by atoms with Gasteiger partial charge in [-0.25, -0.2) is 4.79 Å². The van der Waals surface area contributed by atoms with Crippen molar-refractivity contribution in [3.05, 3.63) is 54.4 Å². The van der Waals surface area contributed by atoms with Crippen molar-refractivity contribution in [3.63, 3.8) is 0 Å². The van der Waals surface area contributed by atoms with Crippen LogP contribution in [0, 0.1) is 0 Å². The summed E-state index contributed by atoms with van der Waals surface area (Å²) in [6.45, 7) is 8.46. The average Bonchev–Trinajstić information content (AvgIpc) is 2.82. The third-order valence-electron chi connectivity index (χ3n) is 4.85. The largest absolute Gasteiger partial charge is 0.494 e. The number of nitrogens with zero attached hydrogens (tertiary/aromatic N) is 1. The molecule has 0 unspecified atom stereocenters. The molecule has 1 aliphatic heterocycles. The molecule has 3 rings (SSSR count). The standard InChI is InChI=1S/C19H24BN3O3/c1-18(2)19(3,4)26-20(25-18)14-8-10-15(11-9-14)23-17(24)22-13-16-7-5-6-12-21-16/h5-12H,13H2,1-4H3,(H2,22,23,24). The maximum Gasteiger partial charge on any atom is 0.494 e. The maximum absolute atomic E-state index is 12.0. The zero-order valence-corrected chi connectivity index (χ0v) is 15.6. The number of hydrogen-bond donors (Lipinski definition) is 2. The van der Waals surface area contributed by atoms with Gasteiger partial charge in [0, 0.05) is 11.9 Å². The van der Waals surface area contributed by atoms with Crippen molar-refractivity contribution in [1.29, 1.82) is 0 Å². The monoisotopic (exact) mass is 353 g/mol. The Kier molecular flexibility index (Phi) is 5.02. The Labute approximate surface area is 154 Å². The number of carbonyl (C=O) groups excluding carboxylic acids is 1. The second-order valence-corrected chi connectivity index (χ2v) is 7.34. The minimum atomic E-state index is -0.410. The summed E-state index contributed by atoms with van der Waals surface area (Å²) in [5.41, 5.74) is 1.67. The van der Waals surface area contributed by atoms with Gasteiger partial charge in [-0.15, -0.1) is 0 Å². The second-order valence-electron chi connectivity index (χ2n) is 7.34. The molecule has 0 radical (unpaired) electrons. The van der Waals surface area contributed by atoms with Crippen LogP contribution in [0.5, 0.6) is 0 Å². The van der Waals surface area contributed by atoms with Gasteiger partial charge in [-0.05, 0) is 57.4 Å². The van der Waals surface area contributed by atoms with Crippen LogP contribution in [0.3, 0.4) is 0 Å². The van der Waals surface area contributed by atoms with E-state index in [-0.39, 0.29) is 17.2 Å². The fraction of sp³-hybridized carbons (Fsp3) is 0.368. The maximum atomic E-state index is 12.0. The van der Waals surface area contributed by atoms with E-state index >= 15 is 0 Å². The predicted molar refractivity (Wildman–Crippen MR) is 102 cm³/mol. The van der Waals surface area contributed by atoms with Gasteiger partial charge in [0.05, 0.1) is 23.4 Å². The van der Waals surface area contributed by atoms with Crippen LogP contribution in [0.1, 0.15) is 33.4 Å². The van der Waals surface area contributed by atoms with Crippen molar-refractivity contribution >= 4 is 24.3 Å². The van der Waals surface area contributed by atoms with Gasteiger partial charge in [0.1, 0.15) is 0 Å². The molecule has 0 bridgehead atoms. The van der Waals surface area contributed by atoms with E-state index in [4.69, 9.17) is 9.31 Å². The van der Waals surface area contributed by atoms with Crippen LogP contribution in [-0.4, -0.2) is 29.3 Å². The number of rotatable bonds is 4. The van der Waals surface area contributed by atoms with Gasteiger partial charge in [-0.2, -0.15) is 0 Å². The van der Waals surface area contributed by atoms with Crippen LogP contribution in [0.4, 0.5) is 10.5 Å². The molecule has 0 atom stereocenters.